The Kier molecular flexibility index (Phi) is 17.2. The molecule has 0 fully saturated rings. The Labute approximate surface area is 166 Å². The van der Waals surface area contributed by atoms with E-state index in [4.69, 9.17) is 5.11 Å². The minimum atomic E-state index is -0.778. The average molecular weight is 372 g/mol. The van der Waals surface area contributed by atoms with E-state index in [0.717, 1.165) is 38.5 Å². The van der Waals surface area contributed by atoms with E-state index < -0.39 is 12.0 Å². The maximum Gasteiger partial charge on any atom is 0.321 e. The minimum Gasteiger partial charge on any atom is -0.480 e. The Morgan fingerprint density at radius 2 is 1.04 bits per heavy atom. The van der Waals surface area contributed by atoms with Crippen molar-refractivity contribution in [3.63, 3.8) is 0 Å². The molecule has 0 amide bonds. The molecule has 0 radical (unpaired) electrons. The van der Waals surface area contributed by atoms with Crippen LogP contribution in [-0.2, 0) is 4.79 Å². The van der Waals surface area contributed by atoms with Gasteiger partial charge in [-0.3, -0.25) is 9.69 Å². The lowest BCUT2D eigenvalue weighted by molar-refractivity contribution is -0.142. The van der Waals surface area contributed by atoms with E-state index >= 15 is 0 Å². The maximum atomic E-state index is 11.0. The molecule has 0 spiro atoms. The molecular weight excluding hydrogens is 334 g/mol. The summed E-state index contributed by atoms with van der Waals surface area (Å²) in [6.45, 7) is 2.15. The Bertz CT molecular complexity index is 537. The van der Waals surface area contributed by atoms with E-state index in [2.05, 4.69) is 67.7 Å². The minimum absolute atomic E-state index is 0.449. The van der Waals surface area contributed by atoms with Gasteiger partial charge in [-0.15, -0.1) is 0 Å². The molecule has 0 heterocycles. The van der Waals surface area contributed by atoms with Crippen LogP contribution in [0.25, 0.3) is 0 Å². The number of nitrogens with zero attached hydrogens (tertiary/aromatic N) is 1. The Morgan fingerprint density at radius 1 is 0.704 bits per heavy atom. The first-order valence-corrected chi connectivity index (χ1v) is 9.88. The third kappa shape index (κ3) is 17.1. The van der Waals surface area contributed by atoms with Gasteiger partial charge in [0.25, 0.3) is 0 Å². The number of hydrogen-bond donors (Lipinski definition) is 1. The van der Waals surface area contributed by atoms with Gasteiger partial charge in [-0.25, -0.2) is 0 Å². The third-order valence-corrected chi connectivity index (χ3v) is 3.86. The van der Waals surface area contributed by atoms with Crippen molar-refractivity contribution in [3.05, 3.63) is 72.9 Å². The number of carbonyl (C=O) groups is 1. The normalized spacial score (nSPS) is 14.4. The summed E-state index contributed by atoms with van der Waals surface area (Å²) in [5, 5.41) is 9.08. The summed E-state index contributed by atoms with van der Waals surface area (Å²) in [5.74, 6) is -0.778. The lowest BCUT2D eigenvalue weighted by atomic mass is 10.1. The Hall–Kier alpha value is -2.13. The fourth-order valence-corrected chi connectivity index (χ4v) is 2.28. The molecule has 0 aliphatic heterocycles. The third-order valence-electron chi connectivity index (χ3n) is 3.86. The summed E-state index contributed by atoms with van der Waals surface area (Å²) in [6, 6.07) is -0.449. The summed E-state index contributed by atoms with van der Waals surface area (Å²) >= 11 is 0. The molecule has 1 unspecified atom stereocenters. The first-order chi connectivity index (χ1) is 13.1. The van der Waals surface area contributed by atoms with Gasteiger partial charge in [0.05, 0.1) is 0 Å². The Morgan fingerprint density at radius 3 is 1.33 bits per heavy atom. The SMILES string of the molecule is CC/C=C\C/C=C\C/C=C\C/C=C\C/C=C\C/C=C\CC(C(=O)O)N(C)C. The molecule has 0 rings (SSSR count). The molecule has 0 aromatic heterocycles. The summed E-state index contributed by atoms with van der Waals surface area (Å²) in [7, 11) is 3.58. The monoisotopic (exact) mass is 371 g/mol. The number of aliphatic carboxylic acids is 1. The molecule has 150 valence electrons. The summed E-state index contributed by atoms with van der Waals surface area (Å²) in [5.41, 5.74) is 0. The van der Waals surface area contributed by atoms with Crippen molar-refractivity contribution in [3.8, 4) is 0 Å². The van der Waals surface area contributed by atoms with Gasteiger partial charge in [-0.1, -0.05) is 79.8 Å². The zero-order chi connectivity index (χ0) is 20.2. The largest absolute Gasteiger partial charge is 0.480 e. The smallest absolute Gasteiger partial charge is 0.321 e. The zero-order valence-corrected chi connectivity index (χ0v) is 17.3. The van der Waals surface area contributed by atoms with Gasteiger partial charge in [0, 0.05) is 0 Å². The number of carboxylic acids is 1. The number of carboxylic acid groups (broad SMARTS) is 1. The first-order valence-electron chi connectivity index (χ1n) is 9.88. The van der Waals surface area contributed by atoms with Gasteiger partial charge < -0.3 is 5.11 Å². The lowest BCUT2D eigenvalue weighted by Crippen LogP contribution is -2.35. The zero-order valence-electron chi connectivity index (χ0n) is 17.3. The van der Waals surface area contributed by atoms with Crippen molar-refractivity contribution in [1.82, 2.24) is 4.90 Å². The van der Waals surface area contributed by atoms with Gasteiger partial charge in [-0.05, 0) is 59.0 Å². The fourth-order valence-electron chi connectivity index (χ4n) is 2.28. The van der Waals surface area contributed by atoms with Gasteiger partial charge in [-0.2, -0.15) is 0 Å². The molecule has 0 aromatic rings. The van der Waals surface area contributed by atoms with Crippen LogP contribution in [0.1, 0.15) is 51.9 Å². The molecule has 27 heavy (non-hydrogen) atoms. The van der Waals surface area contributed by atoms with Crippen molar-refractivity contribution in [2.45, 2.75) is 57.9 Å². The second kappa shape index (κ2) is 18.7. The molecule has 0 aliphatic rings. The van der Waals surface area contributed by atoms with Crippen molar-refractivity contribution < 1.29 is 9.90 Å². The van der Waals surface area contributed by atoms with E-state index in [1.54, 1.807) is 19.0 Å². The molecule has 0 saturated heterocycles. The predicted octanol–water partition coefficient (Wildman–Crippen LogP) is 6.09. The number of hydrogen-bond acceptors (Lipinski definition) is 2. The van der Waals surface area contributed by atoms with E-state index in [9.17, 15) is 4.79 Å². The van der Waals surface area contributed by atoms with Gasteiger partial charge in [0.2, 0.25) is 0 Å². The predicted molar refractivity (Wildman–Crippen MR) is 118 cm³/mol. The first kappa shape index (κ1) is 24.9. The summed E-state index contributed by atoms with van der Waals surface area (Å²) < 4.78 is 0. The number of likely N-dealkylation sites (N-methyl/N-ethyl adjacent to an activating group) is 1. The van der Waals surface area contributed by atoms with Crippen molar-refractivity contribution in [2.75, 3.05) is 14.1 Å². The fraction of sp³-hybridized carbons (Fsp3) is 0.458. The molecule has 1 N–H and O–H groups in total. The average Bonchev–Trinajstić information content (AvgIpc) is 2.63. The second-order valence-electron chi connectivity index (χ2n) is 6.47. The van der Waals surface area contributed by atoms with Crippen molar-refractivity contribution in [1.29, 1.82) is 0 Å². The van der Waals surface area contributed by atoms with Crippen LogP contribution in [0, 0.1) is 0 Å². The van der Waals surface area contributed by atoms with Crippen LogP contribution in [0.15, 0.2) is 72.9 Å². The quantitative estimate of drug-likeness (QED) is 0.354. The van der Waals surface area contributed by atoms with Crippen LogP contribution in [0.3, 0.4) is 0 Å². The molecule has 0 bridgehead atoms. The number of allylic oxidation sites excluding steroid dienone is 11. The maximum absolute atomic E-state index is 11.0. The van der Waals surface area contributed by atoms with Gasteiger partial charge in [0.15, 0.2) is 0 Å². The van der Waals surface area contributed by atoms with E-state index in [1.807, 2.05) is 12.2 Å². The molecular formula is C24H37NO2. The van der Waals surface area contributed by atoms with Crippen LogP contribution in [0.2, 0.25) is 0 Å². The molecule has 1 atom stereocenters. The standard InChI is InChI=1S/C24H37NO2/c1-4-5-6-7-8-9-10-11-12-13-14-15-16-17-18-19-20-21-22-23(24(26)27)25(2)3/h5-6,8-9,11-12,14-15,17-18,20-21,23H,4,7,10,13,16,19,22H2,1-3H3,(H,26,27)/b6-5-,9-8-,12-11-,15-14-,18-17-,21-20-. The lowest BCUT2D eigenvalue weighted by Gasteiger charge is -2.17. The van der Waals surface area contributed by atoms with E-state index in [1.165, 1.54) is 0 Å². The molecule has 3 nitrogen and oxygen atoms in total. The molecule has 0 saturated carbocycles. The van der Waals surface area contributed by atoms with Crippen LogP contribution in [0.4, 0.5) is 0 Å². The Balaban J connectivity index is 3.73. The van der Waals surface area contributed by atoms with Gasteiger partial charge >= 0.3 is 5.97 Å². The topological polar surface area (TPSA) is 40.5 Å². The highest BCUT2D eigenvalue weighted by Gasteiger charge is 2.17. The van der Waals surface area contributed by atoms with Crippen LogP contribution >= 0.6 is 0 Å². The van der Waals surface area contributed by atoms with Crippen molar-refractivity contribution in [2.24, 2.45) is 0 Å². The second-order valence-corrected chi connectivity index (χ2v) is 6.47. The van der Waals surface area contributed by atoms with Crippen molar-refractivity contribution >= 4 is 5.97 Å². The molecule has 3 heteroatoms. The highest BCUT2D eigenvalue weighted by atomic mass is 16.4. The highest BCUT2D eigenvalue weighted by molar-refractivity contribution is 5.73. The van der Waals surface area contributed by atoms with E-state index in [0.29, 0.717) is 6.42 Å². The van der Waals surface area contributed by atoms with Crippen LogP contribution < -0.4 is 0 Å². The van der Waals surface area contributed by atoms with Crippen LogP contribution in [0.5, 0.6) is 0 Å². The summed E-state index contributed by atoms with van der Waals surface area (Å²) in [6.07, 6.45) is 32.2. The molecule has 0 aromatic carbocycles. The summed E-state index contributed by atoms with van der Waals surface area (Å²) in [4.78, 5) is 12.8. The highest BCUT2D eigenvalue weighted by Crippen LogP contribution is 2.02. The van der Waals surface area contributed by atoms with Gasteiger partial charge in [0.1, 0.15) is 6.04 Å². The van der Waals surface area contributed by atoms with E-state index in [-0.39, 0.29) is 0 Å². The molecule has 0 aliphatic carbocycles. The number of rotatable bonds is 15. The van der Waals surface area contributed by atoms with Crippen LogP contribution in [-0.4, -0.2) is 36.1 Å².